The van der Waals surface area contributed by atoms with Crippen molar-refractivity contribution in [2.24, 2.45) is 11.8 Å². The Morgan fingerprint density at radius 1 is 0.625 bits per heavy atom. The van der Waals surface area contributed by atoms with Crippen LogP contribution < -0.4 is 0 Å². The molecule has 8 nitrogen and oxygen atoms in total. The molecule has 216 valence electrons. The molecule has 2 aromatic rings. The fraction of sp³-hybridized carbons (Fsp3) is 0.438. The monoisotopic (exact) mass is 552 g/mol. The van der Waals surface area contributed by atoms with Gasteiger partial charge >= 0.3 is 11.9 Å². The van der Waals surface area contributed by atoms with Gasteiger partial charge in [0.05, 0.1) is 25.4 Å². The topological polar surface area (TPSA) is 89.5 Å². The first kappa shape index (κ1) is 31.2. The first-order chi connectivity index (χ1) is 19.4. The number of hydrogen-bond donors (Lipinski definition) is 0. The number of rotatable bonds is 8. The van der Waals surface area contributed by atoms with Gasteiger partial charge in [0.2, 0.25) is 0 Å². The van der Waals surface area contributed by atoms with Crippen molar-refractivity contribution in [3.8, 4) is 0 Å². The SMILES string of the molecule is CO[C@@H]1COC(=O)[C@H](OCc2ccccc2)/C=C/[C@@H](C)[C@H](OC)COC(=O)[C@H](OCc2ccccc2)/C=C/[C@H]1C. The van der Waals surface area contributed by atoms with E-state index in [9.17, 15) is 9.59 Å². The van der Waals surface area contributed by atoms with Gasteiger partial charge in [-0.25, -0.2) is 9.59 Å². The lowest BCUT2D eigenvalue weighted by Crippen LogP contribution is -2.34. The summed E-state index contributed by atoms with van der Waals surface area (Å²) >= 11 is 0. The minimum absolute atomic E-state index is 0.0100. The molecule has 40 heavy (non-hydrogen) atoms. The van der Waals surface area contributed by atoms with E-state index in [1.165, 1.54) is 0 Å². The molecule has 0 fully saturated rings. The van der Waals surface area contributed by atoms with Gasteiger partial charge in [-0.15, -0.1) is 0 Å². The van der Waals surface area contributed by atoms with Crippen LogP contribution in [-0.2, 0) is 51.2 Å². The van der Waals surface area contributed by atoms with Crippen LogP contribution in [0.4, 0.5) is 0 Å². The molecule has 1 aliphatic rings. The number of benzene rings is 2. The van der Waals surface area contributed by atoms with Crippen LogP contribution >= 0.6 is 0 Å². The van der Waals surface area contributed by atoms with Crippen molar-refractivity contribution in [3.05, 3.63) is 96.1 Å². The number of esters is 2. The fourth-order valence-corrected chi connectivity index (χ4v) is 4.09. The van der Waals surface area contributed by atoms with Gasteiger partial charge in [0, 0.05) is 26.1 Å². The lowest BCUT2D eigenvalue weighted by molar-refractivity contribution is -0.159. The van der Waals surface area contributed by atoms with E-state index >= 15 is 0 Å². The van der Waals surface area contributed by atoms with E-state index in [0.29, 0.717) is 0 Å². The minimum Gasteiger partial charge on any atom is -0.461 e. The average molecular weight is 553 g/mol. The molecule has 0 saturated heterocycles. The molecule has 0 bridgehead atoms. The Morgan fingerprint density at radius 3 is 1.35 bits per heavy atom. The molecule has 1 heterocycles. The van der Waals surface area contributed by atoms with Gasteiger partial charge in [-0.3, -0.25) is 0 Å². The zero-order chi connectivity index (χ0) is 28.7. The Kier molecular flexibility index (Phi) is 13.1. The number of cyclic esters (lactones) is 2. The van der Waals surface area contributed by atoms with Crippen molar-refractivity contribution in [1.82, 2.24) is 0 Å². The van der Waals surface area contributed by atoms with Crippen molar-refractivity contribution in [2.45, 2.75) is 51.5 Å². The molecule has 2 aromatic carbocycles. The Bertz CT molecular complexity index is 997. The third kappa shape index (κ3) is 10.0. The second-order valence-corrected chi connectivity index (χ2v) is 9.73. The summed E-state index contributed by atoms with van der Waals surface area (Å²) in [5.74, 6) is -1.44. The standard InChI is InChI=1S/C32H40O8/c1-23-15-17-27(37-19-25-11-7-5-8-12-25)31(33)40-22-30(36-4)24(2)16-18-28(32(34)39-21-29(23)35-3)38-20-26-13-9-6-10-14-26/h5-18,23-24,27-30H,19-22H2,1-4H3/b17-15+,18-16+/t23-,24-,27-,28-,29-,30-/m1/s1. The number of carbonyl (C=O) groups is 2. The second kappa shape index (κ2) is 16.7. The molecular weight excluding hydrogens is 512 g/mol. The van der Waals surface area contributed by atoms with Gasteiger partial charge in [0.15, 0.2) is 12.2 Å². The zero-order valence-corrected chi connectivity index (χ0v) is 23.6. The summed E-state index contributed by atoms with van der Waals surface area (Å²) in [5, 5.41) is 0. The maximum atomic E-state index is 13.1. The van der Waals surface area contributed by atoms with Gasteiger partial charge in [0.25, 0.3) is 0 Å². The van der Waals surface area contributed by atoms with Crippen LogP contribution in [0.2, 0.25) is 0 Å². The van der Waals surface area contributed by atoms with Crippen LogP contribution in [0.15, 0.2) is 85.0 Å². The largest absolute Gasteiger partial charge is 0.461 e. The summed E-state index contributed by atoms with van der Waals surface area (Å²) in [5.41, 5.74) is 1.87. The molecule has 0 aliphatic carbocycles. The van der Waals surface area contributed by atoms with E-state index in [4.69, 9.17) is 28.4 Å². The lowest BCUT2D eigenvalue weighted by Gasteiger charge is -2.24. The molecule has 3 rings (SSSR count). The first-order valence-corrected chi connectivity index (χ1v) is 13.5. The summed E-state index contributed by atoms with van der Waals surface area (Å²) in [6.07, 6.45) is 4.17. The molecule has 0 spiro atoms. The predicted octanol–water partition coefficient (Wildman–Crippen LogP) is 4.67. The van der Waals surface area contributed by atoms with Crippen LogP contribution in [0.3, 0.4) is 0 Å². The van der Waals surface area contributed by atoms with Crippen LogP contribution in [0, 0.1) is 11.8 Å². The van der Waals surface area contributed by atoms with Gasteiger partial charge in [-0.2, -0.15) is 0 Å². The molecule has 0 aromatic heterocycles. The molecule has 0 amide bonds. The molecule has 6 atom stereocenters. The lowest BCUT2D eigenvalue weighted by atomic mass is 10.0. The molecule has 1 aliphatic heterocycles. The number of carbonyl (C=O) groups excluding carboxylic acids is 2. The minimum atomic E-state index is -0.935. The summed E-state index contributed by atoms with van der Waals surface area (Å²) in [6, 6.07) is 19.2. The van der Waals surface area contributed by atoms with Crippen LogP contribution in [0.5, 0.6) is 0 Å². The number of hydrogen-bond acceptors (Lipinski definition) is 8. The Hall–Kier alpha value is -3.30. The first-order valence-electron chi connectivity index (χ1n) is 13.5. The van der Waals surface area contributed by atoms with Crippen LogP contribution in [0.1, 0.15) is 25.0 Å². The van der Waals surface area contributed by atoms with Crippen molar-refractivity contribution >= 4 is 11.9 Å². The molecular formula is C32H40O8. The second-order valence-electron chi connectivity index (χ2n) is 9.73. The third-order valence-electron chi connectivity index (χ3n) is 6.75. The summed E-state index contributed by atoms with van der Waals surface area (Å²) in [7, 11) is 3.10. The normalized spacial score (nSPS) is 28.3. The highest BCUT2D eigenvalue weighted by Crippen LogP contribution is 2.17. The quantitative estimate of drug-likeness (QED) is 0.345. The average Bonchev–Trinajstić information content (AvgIpc) is 2.98. The van der Waals surface area contributed by atoms with Gasteiger partial charge in [0.1, 0.15) is 13.2 Å². The fourth-order valence-electron chi connectivity index (χ4n) is 4.09. The van der Waals surface area contributed by atoms with E-state index in [2.05, 4.69) is 0 Å². The van der Waals surface area contributed by atoms with Crippen LogP contribution in [-0.4, -0.2) is 63.8 Å². The maximum Gasteiger partial charge on any atom is 0.339 e. The highest BCUT2D eigenvalue weighted by molar-refractivity contribution is 5.77. The van der Waals surface area contributed by atoms with Crippen molar-refractivity contribution in [2.75, 3.05) is 27.4 Å². The summed E-state index contributed by atoms with van der Waals surface area (Å²) < 4.78 is 34.3. The van der Waals surface area contributed by atoms with Crippen molar-refractivity contribution < 1.29 is 38.0 Å². The van der Waals surface area contributed by atoms with E-state index < -0.39 is 36.4 Å². The van der Waals surface area contributed by atoms with Gasteiger partial charge in [-0.05, 0) is 23.3 Å². The van der Waals surface area contributed by atoms with E-state index in [-0.39, 0.29) is 38.3 Å². The third-order valence-corrected chi connectivity index (χ3v) is 6.75. The van der Waals surface area contributed by atoms with Crippen LogP contribution in [0.25, 0.3) is 0 Å². The number of ether oxygens (including phenoxy) is 6. The highest BCUT2D eigenvalue weighted by atomic mass is 16.6. The van der Waals surface area contributed by atoms with E-state index in [1.807, 2.05) is 86.7 Å². The Labute approximate surface area is 236 Å². The van der Waals surface area contributed by atoms with Crippen molar-refractivity contribution in [1.29, 1.82) is 0 Å². The zero-order valence-electron chi connectivity index (χ0n) is 23.6. The molecule has 0 N–H and O–H groups in total. The molecule has 0 radical (unpaired) electrons. The predicted molar refractivity (Wildman–Crippen MR) is 150 cm³/mol. The smallest absolute Gasteiger partial charge is 0.339 e. The molecule has 0 unspecified atom stereocenters. The van der Waals surface area contributed by atoms with Crippen molar-refractivity contribution in [3.63, 3.8) is 0 Å². The maximum absolute atomic E-state index is 13.1. The molecule has 8 heteroatoms. The summed E-state index contributed by atoms with van der Waals surface area (Å²) in [6.45, 7) is 4.32. The van der Waals surface area contributed by atoms with E-state index in [1.54, 1.807) is 26.4 Å². The van der Waals surface area contributed by atoms with Gasteiger partial charge in [-0.1, -0.05) is 86.7 Å². The van der Waals surface area contributed by atoms with E-state index in [0.717, 1.165) is 11.1 Å². The number of methoxy groups -OCH3 is 2. The molecule has 0 saturated carbocycles. The van der Waals surface area contributed by atoms with Gasteiger partial charge < -0.3 is 28.4 Å². The Balaban J connectivity index is 1.79. The Morgan fingerprint density at radius 2 is 1.00 bits per heavy atom. The highest BCUT2D eigenvalue weighted by Gasteiger charge is 2.26. The summed E-state index contributed by atoms with van der Waals surface area (Å²) in [4.78, 5) is 26.2.